The number of hydrogen-bond donors (Lipinski definition) is 1. The summed E-state index contributed by atoms with van der Waals surface area (Å²) in [4.78, 5) is 2.49. The molecule has 0 radical (unpaired) electrons. The first-order valence-electron chi connectivity index (χ1n) is 6.76. The number of para-hydroxylation sites is 1. The minimum atomic E-state index is 0.208. The van der Waals surface area contributed by atoms with Crippen molar-refractivity contribution in [1.29, 1.82) is 0 Å². The summed E-state index contributed by atoms with van der Waals surface area (Å²) in [5, 5.41) is 0. The monoisotopic (exact) mass is 248 g/mol. The standard InChI is InChI=1S/C15H24N2O/c1-11(2)10-17-9-8-13(16)15(17)12-6-4-5-7-14(12)18-3/h4-7,11,13,15H,8-10,16H2,1-3H3. The van der Waals surface area contributed by atoms with Crippen LogP contribution in [0.25, 0.3) is 0 Å². The fourth-order valence-corrected chi connectivity index (χ4v) is 2.89. The summed E-state index contributed by atoms with van der Waals surface area (Å²) >= 11 is 0. The zero-order valence-corrected chi connectivity index (χ0v) is 11.6. The predicted octanol–water partition coefficient (Wildman–Crippen LogP) is 2.43. The van der Waals surface area contributed by atoms with E-state index >= 15 is 0 Å². The Labute approximate surface area is 110 Å². The molecule has 1 aromatic carbocycles. The van der Waals surface area contributed by atoms with Gasteiger partial charge in [-0.3, -0.25) is 4.90 Å². The number of nitrogens with zero attached hydrogens (tertiary/aromatic N) is 1. The molecule has 2 unspecified atom stereocenters. The quantitative estimate of drug-likeness (QED) is 0.889. The van der Waals surface area contributed by atoms with Gasteiger partial charge in [-0.25, -0.2) is 0 Å². The van der Waals surface area contributed by atoms with Gasteiger partial charge in [-0.15, -0.1) is 0 Å². The van der Waals surface area contributed by atoms with E-state index in [1.54, 1.807) is 7.11 Å². The number of methoxy groups -OCH3 is 1. The molecule has 0 amide bonds. The number of hydrogen-bond acceptors (Lipinski definition) is 3. The molecule has 1 aliphatic rings. The number of benzene rings is 1. The molecule has 3 heteroatoms. The highest BCUT2D eigenvalue weighted by Crippen LogP contribution is 2.36. The van der Waals surface area contributed by atoms with Gasteiger partial charge in [0.15, 0.2) is 0 Å². The second-order valence-corrected chi connectivity index (χ2v) is 5.53. The van der Waals surface area contributed by atoms with Gasteiger partial charge in [0.1, 0.15) is 5.75 Å². The van der Waals surface area contributed by atoms with Crippen LogP contribution >= 0.6 is 0 Å². The topological polar surface area (TPSA) is 38.5 Å². The lowest BCUT2D eigenvalue weighted by molar-refractivity contribution is 0.217. The molecule has 1 aliphatic heterocycles. The van der Waals surface area contributed by atoms with Crippen molar-refractivity contribution in [3.8, 4) is 5.75 Å². The van der Waals surface area contributed by atoms with Crippen LogP contribution in [0.3, 0.4) is 0 Å². The third kappa shape index (κ3) is 2.68. The summed E-state index contributed by atoms with van der Waals surface area (Å²) in [7, 11) is 1.73. The summed E-state index contributed by atoms with van der Waals surface area (Å²) in [5.74, 6) is 1.61. The summed E-state index contributed by atoms with van der Waals surface area (Å²) in [6, 6.07) is 8.74. The van der Waals surface area contributed by atoms with Gasteiger partial charge in [0.05, 0.1) is 13.2 Å². The molecule has 2 N–H and O–H groups in total. The lowest BCUT2D eigenvalue weighted by atomic mass is 9.99. The van der Waals surface area contributed by atoms with E-state index in [0.717, 1.165) is 25.3 Å². The Morgan fingerprint density at radius 2 is 2.11 bits per heavy atom. The van der Waals surface area contributed by atoms with E-state index in [4.69, 9.17) is 10.5 Å². The third-order valence-corrected chi connectivity index (χ3v) is 3.61. The van der Waals surface area contributed by atoms with Crippen molar-refractivity contribution in [2.75, 3.05) is 20.2 Å². The molecule has 0 bridgehead atoms. The largest absolute Gasteiger partial charge is 0.496 e. The predicted molar refractivity (Wildman–Crippen MR) is 74.7 cm³/mol. The molecule has 3 nitrogen and oxygen atoms in total. The molecule has 1 aromatic rings. The molecule has 0 aromatic heterocycles. The van der Waals surface area contributed by atoms with Crippen molar-refractivity contribution < 1.29 is 4.74 Å². The van der Waals surface area contributed by atoms with Gasteiger partial charge in [-0.05, 0) is 18.4 Å². The maximum Gasteiger partial charge on any atom is 0.123 e. The van der Waals surface area contributed by atoms with Gasteiger partial charge in [0.25, 0.3) is 0 Å². The fraction of sp³-hybridized carbons (Fsp3) is 0.600. The van der Waals surface area contributed by atoms with Crippen LogP contribution in [0.15, 0.2) is 24.3 Å². The fourth-order valence-electron chi connectivity index (χ4n) is 2.89. The zero-order valence-electron chi connectivity index (χ0n) is 11.6. The highest BCUT2D eigenvalue weighted by Gasteiger charge is 2.34. The van der Waals surface area contributed by atoms with Crippen molar-refractivity contribution in [1.82, 2.24) is 4.90 Å². The van der Waals surface area contributed by atoms with Crippen LogP contribution < -0.4 is 10.5 Å². The van der Waals surface area contributed by atoms with Crippen LogP contribution in [0.5, 0.6) is 5.75 Å². The minimum absolute atomic E-state index is 0.208. The second kappa shape index (κ2) is 5.72. The van der Waals surface area contributed by atoms with Crippen molar-refractivity contribution >= 4 is 0 Å². The van der Waals surface area contributed by atoms with E-state index in [0.29, 0.717) is 12.0 Å². The van der Waals surface area contributed by atoms with E-state index in [2.05, 4.69) is 30.9 Å². The Morgan fingerprint density at radius 3 is 2.78 bits per heavy atom. The Balaban J connectivity index is 2.27. The first-order chi connectivity index (χ1) is 8.63. The van der Waals surface area contributed by atoms with Gasteiger partial charge in [-0.2, -0.15) is 0 Å². The Morgan fingerprint density at radius 1 is 1.39 bits per heavy atom. The highest BCUT2D eigenvalue weighted by molar-refractivity contribution is 5.37. The van der Waals surface area contributed by atoms with Crippen LogP contribution in [0.1, 0.15) is 31.9 Å². The van der Waals surface area contributed by atoms with Crippen LogP contribution in [-0.4, -0.2) is 31.1 Å². The Hall–Kier alpha value is -1.06. The normalized spacial score (nSPS) is 24.7. The minimum Gasteiger partial charge on any atom is -0.496 e. The third-order valence-electron chi connectivity index (χ3n) is 3.61. The first kappa shape index (κ1) is 13.4. The summed E-state index contributed by atoms with van der Waals surface area (Å²) < 4.78 is 5.48. The number of nitrogens with two attached hydrogens (primary N) is 1. The summed E-state index contributed by atoms with van der Waals surface area (Å²) in [6.07, 6.45) is 1.06. The number of ether oxygens (including phenoxy) is 1. The van der Waals surface area contributed by atoms with E-state index < -0.39 is 0 Å². The molecular formula is C15H24N2O. The molecule has 1 fully saturated rings. The van der Waals surface area contributed by atoms with Crippen molar-refractivity contribution in [2.24, 2.45) is 11.7 Å². The van der Waals surface area contributed by atoms with Gasteiger partial charge in [0.2, 0.25) is 0 Å². The molecule has 2 rings (SSSR count). The van der Waals surface area contributed by atoms with Crippen LogP contribution in [0.4, 0.5) is 0 Å². The van der Waals surface area contributed by atoms with E-state index in [9.17, 15) is 0 Å². The highest BCUT2D eigenvalue weighted by atomic mass is 16.5. The van der Waals surface area contributed by atoms with Gasteiger partial charge in [0, 0.05) is 24.7 Å². The number of likely N-dealkylation sites (tertiary alicyclic amines) is 1. The van der Waals surface area contributed by atoms with Gasteiger partial charge >= 0.3 is 0 Å². The molecule has 2 atom stereocenters. The second-order valence-electron chi connectivity index (χ2n) is 5.53. The van der Waals surface area contributed by atoms with Gasteiger partial charge < -0.3 is 10.5 Å². The lowest BCUT2D eigenvalue weighted by Gasteiger charge is -2.29. The van der Waals surface area contributed by atoms with E-state index in [-0.39, 0.29) is 6.04 Å². The van der Waals surface area contributed by atoms with Crippen molar-refractivity contribution in [3.63, 3.8) is 0 Å². The number of rotatable bonds is 4. The average Bonchev–Trinajstić information content (AvgIpc) is 2.69. The molecule has 0 saturated carbocycles. The summed E-state index contributed by atoms with van der Waals surface area (Å²) in [6.45, 7) is 6.69. The molecule has 18 heavy (non-hydrogen) atoms. The Bertz CT molecular complexity index is 392. The first-order valence-corrected chi connectivity index (χ1v) is 6.76. The maximum absolute atomic E-state index is 6.30. The average molecular weight is 248 g/mol. The van der Waals surface area contributed by atoms with E-state index in [1.165, 1.54) is 5.56 Å². The molecule has 1 heterocycles. The van der Waals surface area contributed by atoms with E-state index in [1.807, 2.05) is 12.1 Å². The zero-order chi connectivity index (χ0) is 13.1. The van der Waals surface area contributed by atoms with Crippen molar-refractivity contribution in [3.05, 3.63) is 29.8 Å². The smallest absolute Gasteiger partial charge is 0.123 e. The van der Waals surface area contributed by atoms with Crippen LogP contribution in [0.2, 0.25) is 0 Å². The van der Waals surface area contributed by atoms with Gasteiger partial charge in [-0.1, -0.05) is 32.0 Å². The molecular weight excluding hydrogens is 224 g/mol. The van der Waals surface area contributed by atoms with Crippen LogP contribution in [-0.2, 0) is 0 Å². The maximum atomic E-state index is 6.30. The summed E-state index contributed by atoms with van der Waals surface area (Å²) in [5.41, 5.74) is 7.53. The van der Waals surface area contributed by atoms with Crippen LogP contribution in [0, 0.1) is 5.92 Å². The SMILES string of the molecule is COc1ccccc1C1C(N)CCN1CC(C)C. The lowest BCUT2D eigenvalue weighted by Crippen LogP contribution is -2.34. The molecule has 0 aliphatic carbocycles. The molecule has 100 valence electrons. The van der Waals surface area contributed by atoms with Crippen molar-refractivity contribution in [2.45, 2.75) is 32.4 Å². The molecule has 1 saturated heterocycles. The Kier molecular flexibility index (Phi) is 4.25. The molecule has 0 spiro atoms.